The number of carbonyl (C=O) groups excluding carboxylic acids is 3. The van der Waals surface area contributed by atoms with E-state index in [1.54, 1.807) is 35.2 Å². The molecule has 2 bridgehead atoms. The molecule has 0 radical (unpaired) electrons. The largest absolute Gasteiger partial charge is 0.353 e. The van der Waals surface area contributed by atoms with E-state index in [-0.39, 0.29) is 29.8 Å². The monoisotopic (exact) mass is 523 g/mol. The lowest BCUT2D eigenvalue weighted by molar-refractivity contribution is -0.122. The molecular weight excluding hydrogens is 494 g/mol. The van der Waals surface area contributed by atoms with Gasteiger partial charge in [-0.2, -0.15) is 0 Å². The molecule has 1 N–H and O–H groups in total. The fourth-order valence-corrected chi connectivity index (χ4v) is 6.88. The number of nitrogens with zero attached hydrogens (tertiary/aromatic N) is 4. The molecule has 2 aromatic carbocycles. The van der Waals surface area contributed by atoms with Crippen LogP contribution < -0.4 is 15.8 Å². The van der Waals surface area contributed by atoms with Crippen molar-refractivity contribution in [1.29, 1.82) is 0 Å². The SMILES string of the molecule is O=C(CN1C(=O)c2ccccc2N2C(=O)c3ccccc3C12)NCCN1CC2CC(C1)c1cccc(=O)n1C2. The van der Waals surface area contributed by atoms with E-state index in [9.17, 15) is 19.2 Å². The first kappa shape index (κ1) is 23.8. The van der Waals surface area contributed by atoms with Gasteiger partial charge in [0.25, 0.3) is 17.4 Å². The van der Waals surface area contributed by atoms with E-state index >= 15 is 0 Å². The van der Waals surface area contributed by atoms with Crippen LogP contribution in [0.3, 0.4) is 0 Å². The zero-order valence-corrected chi connectivity index (χ0v) is 21.5. The van der Waals surface area contributed by atoms with Gasteiger partial charge in [0.05, 0.1) is 11.3 Å². The molecule has 198 valence electrons. The molecule has 3 aromatic rings. The first-order valence-corrected chi connectivity index (χ1v) is 13.5. The number of amides is 3. The van der Waals surface area contributed by atoms with Crippen molar-refractivity contribution < 1.29 is 14.4 Å². The van der Waals surface area contributed by atoms with Crippen molar-refractivity contribution >= 4 is 23.4 Å². The number of benzene rings is 2. The van der Waals surface area contributed by atoms with Crippen LogP contribution in [0.25, 0.3) is 0 Å². The number of piperidine rings is 1. The fourth-order valence-electron chi connectivity index (χ4n) is 6.88. The minimum absolute atomic E-state index is 0.0722. The maximum Gasteiger partial charge on any atom is 0.260 e. The summed E-state index contributed by atoms with van der Waals surface area (Å²) in [6, 6.07) is 19.9. The van der Waals surface area contributed by atoms with Gasteiger partial charge in [0.2, 0.25) is 5.91 Å². The van der Waals surface area contributed by atoms with Gasteiger partial charge in [0.15, 0.2) is 0 Å². The van der Waals surface area contributed by atoms with Gasteiger partial charge in [-0.05, 0) is 36.6 Å². The summed E-state index contributed by atoms with van der Waals surface area (Å²) in [6.45, 7) is 3.51. The highest BCUT2D eigenvalue weighted by Gasteiger charge is 2.48. The van der Waals surface area contributed by atoms with Crippen LogP contribution in [-0.4, -0.2) is 64.8 Å². The number of anilines is 1. The summed E-state index contributed by atoms with van der Waals surface area (Å²) in [5.41, 5.74) is 3.45. The Bertz CT molecular complexity index is 1560. The van der Waals surface area contributed by atoms with E-state index in [0.717, 1.165) is 37.3 Å². The quantitative estimate of drug-likeness (QED) is 0.554. The third kappa shape index (κ3) is 3.87. The first-order valence-electron chi connectivity index (χ1n) is 13.5. The number of hydrogen-bond donors (Lipinski definition) is 1. The Hall–Kier alpha value is -4.24. The normalized spacial score (nSPS) is 23.1. The van der Waals surface area contributed by atoms with Crippen molar-refractivity contribution in [2.24, 2.45) is 5.92 Å². The van der Waals surface area contributed by atoms with E-state index in [1.165, 1.54) is 4.90 Å². The van der Waals surface area contributed by atoms with Crippen molar-refractivity contribution in [3.8, 4) is 0 Å². The summed E-state index contributed by atoms with van der Waals surface area (Å²) in [4.78, 5) is 57.8. The second-order valence-corrected chi connectivity index (χ2v) is 10.9. The average Bonchev–Trinajstić information content (AvgIpc) is 3.24. The number of nitrogens with one attached hydrogen (secondary N) is 1. The zero-order chi connectivity index (χ0) is 26.7. The van der Waals surface area contributed by atoms with Crippen LogP contribution in [0, 0.1) is 5.92 Å². The van der Waals surface area contributed by atoms with Crippen LogP contribution in [0.5, 0.6) is 0 Å². The van der Waals surface area contributed by atoms with E-state index in [4.69, 9.17) is 0 Å². The molecule has 39 heavy (non-hydrogen) atoms. The summed E-state index contributed by atoms with van der Waals surface area (Å²) in [6.07, 6.45) is 0.440. The Labute approximate surface area is 225 Å². The lowest BCUT2D eigenvalue weighted by atomic mass is 9.83. The van der Waals surface area contributed by atoms with E-state index in [0.29, 0.717) is 41.7 Å². The topological polar surface area (TPSA) is 95.0 Å². The van der Waals surface area contributed by atoms with Gasteiger partial charge < -0.3 is 19.7 Å². The third-order valence-corrected chi connectivity index (χ3v) is 8.50. The second kappa shape index (κ2) is 9.20. The molecule has 0 spiro atoms. The van der Waals surface area contributed by atoms with Gasteiger partial charge in [-0.25, -0.2) is 0 Å². The Balaban J connectivity index is 1.04. The van der Waals surface area contributed by atoms with E-state index < -0.39 is 6.17 Å². The number of aromatic nitrogens is 1. The minimum atomic E-state index is -0.646. The van der Waals surface area contributed by atoms with Crippen molar-refractivity contribution in [2.45, 2.75) is 25.0 Å². The number of para-hydroxylation sites is 1. The van der Waals surface area contributed by atoms with Crippen LogP contribution in [0.4, 0.5) is 5.69 Å². The second-order valence-electron chi connectivity index (χ2n) is 10.9. The lowest BCUT2D eigenvalue weighted by Gasteiger charge is -2.43. The summed E-state index contributed by atoms with van der Waals surface area (Å²) >= 11 is 0. The zero-order valence-electron chi connectivity index (χ0n) is 21.5. The lowest BCUT2D eigenvalue weighted by Crippen LogP contribution is -2.52. The van der Waals surface area contributed by atoms with Crippen molar-refractivity contribution in [2.75, 3.05) is 37.6 Å². The highest BCUT2D eigenvalue weighted by molar-refractivity contribution is 6.17. The number of carbonyl (C=O) groups is 3. The number of likely N-dealkylation sites (tertiary alicyclic amines) is 1. The third-order valence-electron chi connectivity index (χ3n) is 8.50. The molecule has 9 nitrogen and oxygen atoms in total. The number of fused-ring (bicyclic) bond motifs is 9. The number of pyridine rings is 1. The summed E-state index contributed by atoms with van der Waals surface area (Å²) < 4.78 is 1.92. The molecule has 1 fully saturated rings. The minimum Gasteiger partial charge on any atom is -0.353 e. The smallest absolute Gasteiger partial charge is 0.260 e. The Morgan fingerprint density at radius 2 is 1.64 bits per heavy atom. The fraction of sp³-hybridized carbons (Fsp3) is 0.333. The number of rotatable bonds is 5. The van der Waals surface area contributed by atoms with Crippen LogP contribution in [0.15, 0.2) is 71.5 Å². The maximum atomic E-state index is 13.5. The highest BCUT2D eigenvalue weighted by Crippen LogP contribution is 2.45. The van der Waals surface area contributed by atoms with Gasteiger partial charge in [-0.3, -0.25) is 24.1 Å². The van der Waals surface area contributed by atoms with Gasteiger partial charge in [0, 0.05) is 61.5 Å². The molecule has 4 aliphatic heterocycles. The first-order chi connectivity index (χ1) is 19.0. The molecule has 3 amide bonds. The summed E-state index contributed by atoms with van der Waals surface area (Å²) in [5, 5.41) is 3.00. The Morgan fingerprint density at radius 3 is 2.51 bits per heavy atom. The molecule has 3 unspecified atom stereocenters. The van der Waals surface area contributed by atoms with Crippen LogP contribution >= 0.6 is 0 Å². The standard InChI is InChI=1S/C30H29N5O4/c36-26(31-12-13-32-15-19-14-20(17-32)24-10-5-11-27(37)33(24)16-19)18-34-28-21-6-1-2-7-22(21)30(39)35(28)25-9-4-3-8-23(25)29(34)38/h1-11,19-20,28H,12-18H2,(H,31,36). The predicted molar refractivity (Wildman–Crippen MR) is 144 cm³/mol. The van der Waals surface area contributed by atoms with Crippen LogP contribution in [-0.2, 0) is 11.3 Å². The van der Waals surface area contributed by atoms with Crippen molar-refractivity contribution in [3.05, 3.63) is 99.5 Å². The molecule has 7 rings (SSSR count). The average molecular weight is 524 g/mol. The van der Waals surface area contributed by atoms with Gasteiger partial charge in [-0.1, -0.05) is 36.4 Å². The molecule has 0 aliphatic carbocycles. The highest BCUT2D eigenvalue weighted by atomic mass is 16.2. The Kier molecular flexibility index (Phi) is 5.62. The molecule has 9 heteroatoms. The van der Waals surface area contributed by atoms with E-state index in [1.807, 2.05) is 34.9 Å². The molecule has 5 heterocycles. The molecule has 0 saturated carbocycles. The number of hydrogen-bond acceptors (Lipinski definition) is 5. The molecule has 3 atom stereocenters. The van der Waals surface area contributed by atoms with Crippen molar-refractivity contribution in [3.63, 3.8) is 0 Å². The molecular formula is C30H29N5O4. The van der Waals surface area contributed by atoms with Crippen LogP contribution in [0.2, 0.25) is 0 Å². The maximum absolute atomic E-state index is 13.5. The van der Waals surface area contributed by atoms with Gasteiger partial charge in [-0.15, -0.1) is 0 Å². The summed E-state index contributed by atoms with van der Waals surface area (Å²) in [5.74, 6) is 0.0569. The Morgan fingerprint density at radius 1 is 0.846 bits per heavy atom. The van der Waals surface area contributed by atoms with Crippen molar-refractivity contribution in [1.82, 2.24) is 19.7 Å². The summed E-state index contributed by atoms with van der Waals surface area (Å²) in [7, 11) is 0. The predicted octanol–water partition coefficient (Wildman–Crippen LogP) is 2.20. The van der Waals surface area contributed by atoms with Crippen LogP contribution in [0.1, 0.15) is 50.5 Å². The molecule has 1 aromatic heterocycles. The van der Waals surface area contributed by atoms with Gasteiger partial charge >= 0.3 is 0 Å². The molecule has 1 saturated heterocycles. The van der Waals surface area contributed by atoms with Gasteiger partial charge in [0.1, 0.15) is 12.7 Å². The van der Waals surface area contributed by atoms with E-state index in [2.05, 4.69) is 16.3 Å². The molecule has 4 aliphatic rings.